The van der Waals surface area contributed by atoms with Crippen LogP contribution in [0.1, 0.15) is 18.4 Å². The number of amides is 1. The maximum Gasteiger partial charge on any atom is 0.228 e. The van der Waals surface area contributed by atoms with Crippen LogP contribution < -0.4 is 10.1 Å². The van der Waals surface area contributed by atoms with Crippen LogP contribution in [0.4, 0.5) is 5.82 Å². The number of methoxy groups -OCH3 is 1. The molecule has 5 heteroatoms. The van der Waals surface area contributed by atoms with E-state index in [1.165, 1.54) is 0 Å². The topological polar surface area (TPSA) is 55.6 Å². The van der Waals surface area contributed by atoms with E-state index in [1.54, 1.807) is 11.6 Å². The molecule has 1 fully saturated rings. The maximum absolute atomic E-state index is 11.9. The van der Waals surface area contributed by atoms with Crippen LogP contribution in [0, 0.1) is 12.8 Å². The van der Waals surface area contributed by atoms with Crippen LogP contribution >= 0.6 is 0 Å². The first-order valence-electron chi connectivity index (χ1n) is 8.09. The minimum absolute atomic E-state index is 0.0684. The smallest absolute Gasteiger partial charge is 0.228 e. The number of hydrogen-bond donors (Lipinski definition) is 1. The van der Waals surface area contributed by atoms with Gasteiger partial charge in [-0.2, -0.15) is 5.10 Å². The summed E-state index contributed by atoms with van der Waals surface area (Å²) in [4.78, 5) is 11.9. The second-order valence-corrected chi connectivity index (χ2v) is 6.28. The van der Waals surface area contributed by atoms with Crippen LogP contribution in [0.2, 0.25) is 0 Å². The van der Waals surface area contributed by atoms with E-state index < -0.39 is 0 Å². The number of hydrogen-bond acceptors (Lipinski definition) is 3. The molecule has 1 aromatic carbocycles. The number of nitrogens with zero attached hydrogens (tertiary/aromatic N) is 2. The van der Waals surface area contributed by atoms with Gasteiger partial charge in [0.25, 0.3) is 0 Å². The van der Waals surface area contributed by atoms with Crippen molar-refractivity contribution in [2.45, 2.75) is 19.8 Å². The molecule has 0 radical (unpaired) electrons. The van der Waals surface area contributed by atoms with Crippen molar-refractivity contribution >= 4 is 17.2 Å². The van der Waals surface area contributed by atoms with Crippen LogP contribution in [-0.4, -0.2) is 22.6 Å². The summed E-state index contributed by atoms with van der Waals surface area (Å²) in [5, 5.41) is 7.29. The van der Waals surface area contributed by atoms with Gasteiger partial charge < -0.3 is 10.1 Å². The molecule has 122 valence electrons. The van der Waals surface area contributed by atoms with E-state index in [9.17, 15) is 4.79 Å². The van der Waals surface area contributed by atoms with Crippen molar-refractivity contribution in [3.05, 3.63) is 48.2 Å². The van der Waals surface area contributed by atoms with Crippen molar-refractivity contribution in [3.8, 4) is 16.9 Å². The van der Waals surface area contributed by atoms with Gasteiger partial charge in [0, 0.05) is 23.7 Å². The van der Waals surface area contributed by atoms with Crippen molar-refractivity contribution < 1.29 is 9.53 Å². The van der Waals surface area contributed by atoms with E-state index in [0.29, 0.717) is 5.82 Å². The van der Waals surface area contributed by atoms with Crippen LogP contribution in [0.25, 0.3) is 16.6 Å². The number of carbonyl (C=O) groups is 1. The molecule has 1 N–H and O–H groups in total. The molecule has 4 rings (SSSR count). The Balaban J connectivity index is 1.69. The van der Waals surface area contributed by atoms with E-state index in [0.717, 1.165) is 40.8 Å². The Morgan fingerprint density at radius 1 is 1.25 bits per heavy atom. The molecule has 1 aliphatic rings. The molecule has 1 aliphatic carbocycles. The number of pyridine rings is 1. The molecular weight excluding hydrogens is 302 g/mol. The molecule has 0 atom stereocenters. The summed E-state index contributed by atoms with van der Waals surface area (Å²) >= 11 is 0. The summed E-state index contributed by atoms with van der Waals surface area (Å²) in [7, 11) is 1.68. The van der Waals surface area contributed by atoms with E-state index in [4.69, 9.17) is 4.74 Å². The Labute approximate surface area is 140 Å². The summed E-state index contributed by atoms with van der Waals surface area (Å²) in [5.74, 6) is 1.68. The molecule has 3 aromatic rings. The van der Waals surface area contributed by atoms with E-state index >= 15 is 0 Å². The molecule has 0 bridgehead atoms. The summed E-state index contributed by atoms with van der Waals surface area (Å²) in [6.45, 7) is 2.04. The Kier molecular flexibility index (Phi) is 3.49. The number of anilines is 1. The lowest BCUT2D eigenvalue weighted by molar-refractivity contribution is -0.117. The molecule has 1 amide bonds. The largest absolute Gasteiger partial charge is 0.496 e. The highest BCUT2D eigenvalue weighted by molar-refractivity contribution is 5.93. The van der Waals surface area contributed by atoms with Gasteiger partial charge in [0.15, 0.2) is 5.82 Å². The van der Waals surface area contributed by atoms with Crippen molar-refractivity contribution in [1.82, 2.24) is 9.61 Å². The fourth-order valence-electron chi connectivity index (χ4n) is 2.83. The number of ether oxygens (including phenoxy) is 1. The number of fused-ring (bicyclic) bond motifs is 1. The van der Waals surface area contributed by atoms with Gasteiger partial charge in [-0.15, -0.1) is 0 Å². The number of carbonyl (C=O) groups excluding carboxylic acids is 1. The normalized spacial score (nSPS) is 13.9. The fourth-order valence-corrected chi connectivity index (χ4v) is 2.83. The summed E-state index contributed by atoms with van der Waals surface area (Å²) in [6.07, 6.45) is 3.86. The highest BCUT2D eigenvalue weighted by Crippen LogP contribution is 2.32. The third kappa shape index (κ3) is 2.73. The lowest BCUT2D eigenvalue weighted by Crippen LogP contribution is -2.13. The van der Waals surface area contributed by atoms with Gasteiger partial charge >= 0.3 is 0 Å². The van der Waals surface area contributed by atoms with Gasteiger partial charge in [0.2, 0.25) is 5.91 Å². The first-order chi connectivity index (χ1) is 11.6. The number of aryl methyl sites for hydroxylation is 1. The van der Waals surface area contributed by atoms with Crippen LogP contribution in [-0.2, 0) is 4.79 Å². The van der Waals surface area contributed by atoms with Gasteiger partial charge in [-0.25, -0.2) is 4.52 Å². The molecule has 0 saturated heterocycles. The van der Waals surface area contributed by atoms with Crippen molar-refractivity contribution in [2.75, 3.05) is 12.4 Å². The Morgan fingerprint density at radius 2 is 2.08 bits per heavy atom. The van der Waals surface area contributed by atoms with Crippen molar-refractivity contribution in [3.63, 3.8) is 0 Å². The standard InChI is InChI=1S/C19H19N3O2/c1-12-3-6-16(17(9-12)24-2)14-7-8-22-15(10-14)11-18(21-22)20-19(23)13-4-5-13/h3,6-11,13H,4-5H2,1-2H3,(H,20,21,23). The molecule has 2 heterocycles. The average molecular weight is 321 g/mol. The Morgan fingerprint density at radius 3 is 2.83 bits per heavy atom. The van der Waals surface area contributed by atoms with E-state index in [2.05, 4.69) is 22.5 Å². The first kappa shape index (κ1) is 14.8. The molecular formula is C19H19N3O2. The summed E-state index contributed by atoms with van der Waals surface area (Å²) < 4.78 is 7.27. The summed E-state index contributed by atoms with van der Waals surface area (Å²) in [6, 6.07) is 12.1. The average Bonchev–Trinajstić information content (AvgIpc) is 3.35. The Bertz CT molecular complexity index is 926. The molecule has 24 heavy (non-hydrogen) atoms. The molecule has 5 nitrogen and oxygen atoms in total. The number of nitrogens with one attached hydrogen (secondary N) is 1. The van der Waals surface area contributed by atoms with Crippen molar-refractivity contribution in [2.24, 2.45) is 5.92 Å². The predicted molar refractivity (Wildman–Crippen MR) is 93.3 cm³/mol. The second kappa shape index (κ2) is 5.67. The number of aromatic nitrogens is 2. The molecule has 0 spiro atoms. The quantitative estimate of drug-likeness (QED) is 0.798. The summed E-state index contributed by atoms with van der Waals surface area (Å²) in [5.41, 5.74) is 4.18. The van der Waals surface area contributed by atoms with Crippen LogP contribution in [0.5, 0.6) is 5.75 Å². The molecule has 1 saturated carbocycles. The van der Waals surface area contributed by atoms with Crippen LogP contribution in [0.3, 0.4) is 0 Å². The van der Waals surface area contributed by atoms with E-state index in [1.807, 2.05) is 37.4 Å². The minimum Gasteiger partial charge on any atom is -0.496 e. The highest BCUT2D eigenvalue weighted by atomic mass is 16.5. The van der Waals surface area contributed by atoms with Crippen LogP contribution in [0.15, 0.2) is 42.6 Å². The van der Waals surface area contributed by atoms with Gasteiger partial charge in [-0.1, -0.05) is 12.1 Å². The first-order valence-corrected chi connectivity index (χ1v) is 8.09. The number of rotatable bonds is 4. The maximum atomic E-state index is 11.9. The zero-order chi connectivity index (χ0) is 16.7. The van der Waals surface area contributed by atoms with Gasteiger partial charge in [-0.3, -0.25) is 4.79 Å². The number of benzene rings is 1. The monoisotopic (exact) mass is 321 g/mol. The van der Waals surface area contributed by atoms with Gasteiger partial charge in [0.1, 0.15) is 5.75 Å². The second-order valence-electron chi connectivity index (χ2n) is 6.28. The fraction of sp³-hybridized carbons (Fsp3) is 0.263. The SMILES string of the molecule is COc1cc(C)ccc1-c1ccn2nc(NC(=O)C3CC3)cc2c1. The zero-order valence-electron chi connectivity index (χ0n) is 13.7. The van der Waals surface area contributed by atoms with Crippen molar-refractivity contribution in [1.29, 1.82) is 0 Å². The minimum atomic E-state index is 0.0684. The highest BCUT2D eigenvalue weighted by Gasteiger charge is 2.30. The molecule has 2 aromatic heterocycles. The molecule has 0 unspecified atom stereocenters. The third-order valence-corrected chi connectivity index (χ3v) is 4.33. The third-order valence-electron chi connectivity index (χ3n) is 4.33. The van der Waals surface area contributed by atoms with Gasteiger partial charge in [0.05, 0.1) is 12.6 Å². The predicted octanol–water partition coefficient (Wildman–Crippen LogP) is 3.67. The lowest BCUT2D eigenvalue weighted by Gasteiger charge is -2.09. The Hall–Kier alpha value is -2.82. The van der Waals surface area contributed by atoms with Gasteiger partial charge in [-0.05, 0) is 49.1 Å². The molecule has 0 aliphatic heterocycles. The lowest BCUT2D eigenvalue weighted by atomic mass is 10.0. The van der Waals surface area contributed by atoms with E-state index in [-0.39, 0.29) is 11.8 Å². The zero-order valence-corrected chi connectivity index (χ0v) is 13.7.